The molecule has 0 N–H and O–H groups in total. The van der Waals surface area contributed by atoms with Crippen LogP contribution in [0, 0.1) is 6.92 Å². The van der Waals surface area contributed by atoms with Gasteiger partial charge in [-0.2, -0.15) is 0 Å². The van der Waals surface area contributed by atoms with Crippen LogP contribution in [0.4, 0.5) is 5.69 Å². The van der Waals surface area contributed by atoms with Crippen LogP contribution in [-0.4, -0.2) is 27.3 Å². The quantitative estimate of drug-likeness (QED) is 0.861. The normalized spacial score (nSPS) is 16.9. The molecular formula is C16H17N3S. The highest BCUT2D eigenvalue weighted by atomic mass is 32.2. The summed E-state index contributed by atoms with van der Waals surface area (Å²) in [6.07, 6.45) is 3.73. The Morgan fingerprint density at radius 3 is 3.05 bits per heavy atom. The third-order valence-electron chi connectivity index (χ3n) is 3.19. The van der Waals surface area contributed by atoms with Crippen molar-refractivity contribution in [2.24, 2.45) is 4.99 Å². The van der Waals surface area contributed by atoms with Crippen molar-refractivity contribution in [3.8, 4) is 0 Å². The first-order chi connectivity index (χ1) is 9.81. The van der Waals surface area contributed by atoms with E-state index >= 15 is 0 Å². The molecule has 0 radical (unpaired) electrons. The lowest BCUT2D eigenvalue weighted by molar-refractivity contribution is 0.456. The van der Waals surface area contributed by atoms with Crippen LogP contribution in [0.25, 0.3) is 0 Å². The van der Waals surface area contributed by atoms with E-state index in [1.807, 2.05) is 30.2 Å². The van der Waals surface area contributed by atoms with Crippen LogP contribution in [0.2, 0.25) is 0 Å². The molecule has 1 saturated heterocycles. The standard InChI is InChI=1S/C16H17N3S/c1-13-4-2-6-15(10-13)18-16-19(8-9-20-16)12-14-5-3-7-17-11-14/h2-7,10-11H,8-9,12H2,1H3. The number of pyridine rings is 1. The maximum atomic E-state index is 4.78. The van der Waals surface area contributed by atoms with Gasteiger partial charge in [0, 0.05) is 31.2 Å². The number of aryl methyl sites for hydroxylation is 1. The van der Waals surface area contributed by atoms with E-state index in [1.54, 1.807) is 0 Å². The average Bonchev–Trinajstić information content (AvgIpc) is 2.87. The minimum atomic E-state index is 0.880. The number of aliphatic imine (C=N–C) groups is 1. The molecule has 1 aliphatic heterocycles. The van der Waals surface area contributed by atoms with Gasteiger partial charge in [0.15, 0.2) is 5.17 Å². The Bertz CT molecular complexity index is 610. The monoisotopic (exact) mass is 283 g/mol. The number of thioether (sulfide) groups is 1. The van der Waals surface area contributed by atoms with Crippen molar-refractivity contribution in [2.45, 2.75) is 13.5 Å². The minimum Gasteiger partial charge on any atom is -0.346 e. The van der Waals surface area contributed by atoms with Crippen LogP contribution in [0.15, 0.2) is 53.8 Å². The first kappa shape index (κ1) is 13.2. The Labute approximate surface area is 123 Å². The molecule has 0 saturated carbocycles. The summed E-state index contributed by atoms with van der Waals surface area (Å²) in [5.74, 6) is 1.10. The van der Waals surface area contributed by atoms with Gasteiger partial charge in [0.2, 0.25) is 0 Å². The first-order valence-electron chi connectivity index (χ1n) is 6.73. The van der Waals surface area contributed by atoms with Crippen LogP contribution in [-0.2, 0) is 6.54 Å². The van der Waals surface area contributed by atoms with Gasteiger partial charge in [0.1, 0.15) is 0 Å². The average molecular weight is 283 g/mol. The summed E-state index contributed by atoms with van der Waals surface area (Å²) in [5, 5.41) is 1.11. The zero-order valence-corrected chi connectivity index (χ0v) is 12.3. The molecule has 0 atom stereocenters. The van der Waals surface area contributed by atoms with E-state index in [9.17, 15) is 0 Å². The molecular weight excluding hydrogens is 266 g/mol. The largest absolute Gasteiger partial charge is 0.346 e. The van der Waals surface area contributed by atoms with Gasteiger partial charge in [-0.1, -0.05) is 30.0 Å². The molecule has 0 amide bonds. The summed E-state index contributed by atoms with van der Waals surface area (Å²) in [5.41, 5.74) is 3.51. The lowest BCUT2D eigenvalue weighted by atomic mass is 10.2. The summed E-state index contributed by atoms with van der Waals surface area (Å²) >= 11 is 1.83. The first-order valence-corrected chi connectivity index (χ1v) is 7.72. The molecule has 1 aliphatic rings. The Balaban J connectivity index is 1.78. The zero-order valence-electron chi connectivity index (χ0n) is 11.5. The third kappa shape index (κ3) is 3.20. The van der Waals surface area contributed by atoms with Gasteiger partial charge in [-0.3, -0.25) is 4.98 Å². The van der Waals surface area contributed by atoms with Gasteiger partial charge in [-0.15, -0.1) is 0 Å². The fraction of sp³-hybridized carbons (Fsp3) is 0.250. The lowest BCUT2D eigenvalue weighted by Crippen LogP contribution is -2.23. The predicted octanol–water partition coefficient (Wildman–Crippen LogP) is 3.63. The highest BCUT2D eigenvalue weighted by molar-refractivity contribution is 8.14. The molecule has 0 unspecified atom stereocenters. The predicted molar refractivity (Wildman–Crippen MR) is 85.4 cm³/mol. The van der Waals surface area contributed by atoms with Crippen molar-refractivity contribution in [3.63, 3.8) is 0 Å². The number of aromatic nitrogens is 1. The van der Waals surface area contributed by atoms with Gasteiger partial charge >= 0.3 is 0 Å². The molecule has 2 heterocycles. The summed E-state index contributed by atoms with van der Waals surface area (Å²) in [7, 11) is 0. The summed E-state index contributed by atoms with van der Waals surface area (Å²) < 4.78 is 0. The zero-order chi connectivity index (χ0) is 13.8. The van der Waals surface area contributed by atoms with Crippen LogP contribution >= 0.6 is 11.8 Å². The number of hydrogen-bond acceptors (Lipinski definition) is 3. The van der Waals surface area contributed by atoms with E-state index in [-0.39, 0.29) is 0 Å². The Morgan fingerprint density at radius 2 is 2.25 bits per heavy atom. The van der Waals surface area contributed by atoms with Crippen LogP contribution in [0.3, 0.4) is 0 Å². The second-order valence-corrected chi connectivity index (χ2v) is 5.93. The molecule has 4 heteroatoms. The van der Waals surface area contributed by atoms with Crippen LogP contribution < -0.4 is 0 Å². The van der Waals surface area contributed by atoms with E-state index in [4.69, 9.17) is 4.99 Å². The van der Waals surface area contributed by atoms with Gasteiger partial charge in [0.25, 0.3) is 0 Å². The van der Waals surface area contributed by atoms with Crippen LogP contribution in [0.1, 0.15) is 11.1 Å². The maximum Gasteiger partial charge on any atom is 0.164 e. The Morgan fingerprint density at radius 1 is 1.30 bits per heavy atom. The third-order valence-corrected chi connectivity index (χ3v) is 4.18. The summed E-state index contributed by atoms with van der Waals surface area (Å²) in [6, 6.07) is 12.4. The Kier molecular flexibility index (Phi) is 4.02. The highest BCUT2D eigenvalue weighted by Crippen LogP contribution is 2.24. The fourth-order valence-corrected chi connectivity index (χ4v) is 3.21. The van der Waals surface area contributed by atoms with E-state index in [0.29, 0.717) is 0 Å². The topological polar surface area (TPSA) is 28.5 Å². The number of benzene rings is 1. The number of hydrogen-bond donors (Lipinski definition) is 0. The van der Waals surface area contributed by atoms with E-state index in [1.165, 1.54) is 11.1 Å². The Hall–Kier alpha value is -1.81. The fourth-order valence-electron chi connectivity index (χ4n) is 2.20. The molecule has 20 heavy (non-hydrogen) atoms. The van der Waals surface area contributed by atoms with Gasteiger partial charge < -0.3 is 4.90 Å². The summed E-state index contributed by atoms with van der Waals surface area (Å²) in [4.78, 5) is 11.3. The molecule has 1 aromatic carbocycles. The summed E-state index contributed by atoms with van der Waals surface area (Å²) in [6.45, 7) is 4.02. The molecule has 102 valence electrons. The van der Waals surface area contributed by atoms with E-state index in [0.717, 1.165) is 29.7 Å². The van der Waals surface area contributed by atoms with Crippen molar-refractivity contribution in [1.82, 2.24) is 9.88 Å². The highest BCUT2D eigenvalue weighted by Gasteiger charge is 2.19. The number of amidine groups is 1. The van der Waals surface area contributed by atoms with Crippen LogP contribution in [0.5, 0.6) is 0 Å². The molecule has 3 nitrogen and oxygen atoms in total. The molecule has 1 fully saturated rings. The van der Waals surface area contributed by atoms with E-state index in [2.05, 4.69) is 47.1 Å². The van der Waals surface area contributed by atoms with Crippen molar-refractivity contribution < 1.29 is 0 Å². The van der Waals surface area contributed by atoms with Crippen molar-refractivity contribution in [2.75, 3.05) is 12.3 Å². The number of nitrogens with zero attached hydrogens (tertiary/aromatic N) is 3. The second kappa shape index (κ2) is 6.09. The second-order valence-electron chi connectivity index (χ2n) is 4.86. The number of rotatable bonds is 3. The molecule has 0 spiro atoms. The minimum absolute atomic E-state index is 0.880. The van der Waals surface area contributed by atoms with Gasteiger partial charge in [-0.25, -0.2) is 4.99 Å². The molecule has 1 aromatic heterocycles. The van der Waals surface area contributed by atoms with Crippen molar-refractivity contribution in [3.05, 3.63) is 59.9 Å². The smallest absolute Gasteiger partial charge is 0.164 e. The van der Waals surface area contributed by atoms with Crippen molar-refractivity contribution >= 4 is 22.6 Å². The van der Waals surface area contributed by atoms with Gasteiger partial charge in [0.05, 0.1) is 5.69 Å². The lowest BCUT2D eigenvalue weighted by Gasteiger charge is -2.17. The molecule has 2 aromatic rings. The molecule has 0 aliphatic carbocycles. The van der Waals surface area contributed by atoms with E-state index < -0.39 is 0 Å². The molecule has 3 rings (SSSR count). The van der Waals surface area contributed by atoms with Crippen molar-refractivity contribution in [1.29, 1.82) is 0 Å². The maximum absolute atomic E-state index is 4.78. The molecule has 0 bridgehead atoms. The SMILES string of the molecule is Cc1cccc(N=C2SCCN2Cc2cccnc2)c1. The van der Waals surface area contributed by atoms with Gasteiger partial charge in [-0.05, 0) is 36.2 Å².